The third-order valence-corrected chi connectivity index (χ3v) is 5.92. The molecule has 9 heteroatoms. The fraction of sp³-hybridized carbons (Fsp3) is 0.100. The van der Waals surface area contributed by atoms with Crippen LogP contribution in [0.5, 0.6) is 0 Å². The van der Waals surface area contributed by atoms with Crippen molar-refractivity contribution in [3.05, 3.63) is 70.7 Å². The second kappa shape index (κ2) is 8.77. The van der Waals surface area contributed by atoms with E-state index in [1.807, 2.05) is 66.1 Å². The van der Waals surface area contributed by atoms with E-state index >= 15 is 0 Å². The SMILES string of the molecule is Cc1cnc(NC(=O)CSc2nnc(-c3ccccc3)n2-c2cccc(Cl)c2)s1. The third kappa shape index (κ3) is 4.67. The van der Waals surface area contributed by atoms with Gasteiger partial charge in [0.2, 0.25) is 5.91 Å². The largest absolute Gasteiger partial charge is 0.301 e. The van der Waals surface area contributed by atoms with Crippen molar-refractivity contribution in [2.75, 3.05) is 11.1 Å². The maximum atomic E-state index is 12.3. The molecule has 0 radical (unpaired) electrons. The Morgan fingerprint density at radius 1 is 1.17 bits per heavy atom. The molecule has 0 unspecified atom stereocenters. The van der Waals surface area contributed by atoms with E-state index in [0.717, 1.165) is 16.1 Å². The molecule has 0 atom stereocenters. The molecule has 0 aliphatic rings. The first-order chi connectivity index (χ1) is 14.1. The second-order valence-electron chi connectivity index (χ2n) is 6.10. The maximum Gasteiger partial charge on any atom is 0.236 e. The highest BCUT2D eigenvalue weighted by molar-refractivity contribution is 7.99. The molecule has 1 N–H and O–H groups in total. The smallest absolute Gasteiger partial charge is 0.236 e. The third-order valence-electron chi connectivity index (χ3n) is 3.93. The van der Waals surface area contributed by atoms with Gasteiger partial charge in [0.15, 0.2) is 16.1 Å². The molecule has 0 aliphatic heterocycles. The molecule has 146 valence electrons. The molecule has 29 heavy (non-hydrogen) atoms. The van der Waals surface area contributed by atoms with Gasteiger partial charge in [0.1, 0.15) is 0 Å². The summed E-state index contributed by atoms with van der Waals surface area (Å²) in [6, 6.07) is 17.2. The van der Waals surface area contributed by atoms with Gasteiger partial charge in [-0.3, -0.25) is 9.36 Å². The molecule has 4 rings (SSSR count). The minimum atomic E-state index is -0.147. The van der Waals surface area contributed by atoms with Crippen LogP contribution in [0.25, 0.3) is 17.1 Å². The first-order valence-electron chi connectivity index (χ1n) is 8.72. The molecular weight excluding hydrogens is 426 g/mol. The van der Waals surface area contributed by atoms with Gasteiger partial charge in [-0.25, -0.2) is 4.98 Å². The van der Waals surface area contributed by atoms with E-state index in [1.165, 1.54) is 23.1 Å². The van der Waals surface area contributed by atoms with E-state index in [4.69, 9.17) is 11.6 Å². The molecular formula is C20H16ClN5OS2. The van der Waals surface area contributed by atoms with E-state index in [-0.39, 0.29) is 11.7 Å². The Balaban J connectivity index is 1.61. The number of nitrogens with zero attached hydrogens (tertiary/aromatic N) is 4. The Kier molecular flexibility index (Phi) is 5.94. The van der Waals surface area contributed by atoms with Crippen molar-refractivity contribution < 1.29 is 4.79 Å². The summed E-state index contributed by atoms with van der Waals surface area (Å²) in [6.07, 6.45) is 1.73. The van der Waals surface area contributed by atoms with E-state index < -0.39 is 0 Å². The number of aromatic nitrogens is 4. The number of aryl methyl sites for hydroxylation is 1. The first kappa shape index (κ1) is 19.6. The van der Waals surface area contributed by atoms with Crippen LogP contribution in [-0.2, 0) is 4.79 Å². The van der Waals surface area contributed by atoms with Crippen molar-refractivity contribution >= 4 is 45.7 Å². The number of amides is 1. The average molecular weight is 442 g/mol. The number of hydrogen-bond acceptors (Lipinski definition) is 6. The van der Waals surface area contributed by atoms with Gasteiger partial charge in [-0.1, -0.05) is 59.8 Å². The van der Waals surface area contributed by atoms with Crippen molar-refractivity contribution in [1.29, 1.82) is 0 Å². The van der Waals surface area contributed by atoms with Crippen LogP contribution in [-0.4, -0.2) is 31.4 Å². The zero-order valence-electron chi connectivity index (χ0n) is 15.4. The van der Waals surface area contributed by atoms with Gasteiger partial charge in [0.05, 0.1) is 11.4 Å². The first-order valence-corrected chi connectivity index (χ1v) is 10.9. The zero-order chi connectivity index (χ0) is 20.2. The number of halogens is 1. The molecule has 0 saturated heterocycles. The van der Waals surface area contributed by atoms with E-state index in [0.29, 0.717) is 21.1 Å². The number of carbonyl (C=O) groups excluding carboxylic acids is 1. The Morgan fingerprint density at radius 3 is 2.72 bits per heavy atom. The van der Waals surface area contributed by atoms with Gasteiger partial charge in [-0.15, -0.1) is 21.5 Å². The van der Waals surface area contributed by atoms with Crippen molar-refractivity contribution in [1.82, 2.24) is 19.7 Å². The van der Waals surface area contributed by atoms with Gasteiger partial charge in [-0.05, 0) is 25.1 Å². The van der Waals surface area contributed by atoms with Gasteiger partial charge in [0, 0.05) is 21.7 Å². The summed E-state index contributed by atoms with van der Waals surface area (Å²) in [4.78, 5) is 17.5. The summed E-state index contributed by atoms with van der Waals surface area (Å²) in [5, 5.41) is 13.3. The molecule has 4 aromatic rings. The summed E-state index contributed by atoms with van der Waals surface area (Å²) >= 11 is 8.95. The Labute approximate surface area is 181 Å². The number of rotatable bonds is 6. The average Bonchev–Trinajstić information content (AvgIpc) is 3.33. The van der Waals surface area contributed by atoms with E-state index in [1.54, 1.807) is 6.20 Å². The molecule has 0 fully saturated rings. The predicted octanol–water partition coefficient (Wildman–Crippen LogP) is 5.08. The lowest BCUT2D eigenvalue weighted by molar-refractivity contribution is -0.113. The number of nitrogens with one attached hydrogen (secondary N) is 1. The van der Waals surface area contributed by atoms with Crippen LogP contribution >= 0.6 is 34.7 Å². The minimum absolute atomic E-state index is 0.147. The lowest BCUT2D eigenvalue weighted by Gasteiger charge is -2.10. The number of anilines is 1. The summed E-state index contributed by atoms with van der Waals surface area (Å²) in [7, 11) is 0. The van der Waals surface area contributed by atoms with Gasteiger partial charge in [-0.2, -0.15) is 0 Å². The number of carbonyl (C=O) groups is 1. The fourth-order valence-electron chi connectivity index (χ4n) is 2.68. The summed E-state index contributed by atoms with van der Waals surface area (Å²) in [5.74, 6) is 0.726. The van der Waals surface area contributed by atoms with Crippen molar-refractivity contribution in [2.24, 2.45) is 0 Å². The second-order valence-corrected chi connectivity index (χ2v) is 8.71. The molecule has 2 aromatic heterocycles. The number of benzene rings is 2. The van der Waals surface area contributed by atoms with E-state index in [2.05, 4.69) is 20.5 Å². The Morgan fingerprint density at radius 2 is 2.00 bits per heavy atom. The Hall–Kier alpha value is -2.68. The van der Waals surface area contributed by atoms with Gasteiger partial charge < -0.3 is 5.32 Å². The summed E-state index contributed by atoms with van der Waals surface area (Å²) in [5.41, 5.74) is 1.76. The van der Waals surface area contributed by atoms with Crippen LogP contribution in [0.4, 0.5) is 5.13 Å². The molecule has 2 aromatic carbocycles. The molecule has 2 heterocycles. The van der Waals surface area contributed by atoms with E-state index in [9.17, 15) is 4.79 Å². The van der Waals surface area contributed by atoms with Crippen molar-refractivity contribution in [3.8, 4) is 17.1 Å². The lowest BCUT2D eigenvalue weighted by Crippen LogP contribution is -2.14. The van der Waals surface area contributed by atoms with Gasteiger partial charge >= 0.3 is 0 Å². The molecule has 1 amide bonds. The Bertz CT molecular complexity index is 1140. The number of thiazole rings is 1. The monoisotopic (exact) mass is 441 g/mol. The molecule has 0 aliphatic carbocycles. The fourth-order valence-corrected chi connectivity index (χ4v) is 4.30. The maximum absolute atomic E-state index is 12.3. The van der Waals surface area contributed by atoms with Gasteiger partial charge in [0.25, 0.3) is 0 Å². The van der Waals surface area contributed by atoms with Crippen LogP contribution in [0.15, 0.2) is 66.0 Å². The zero-order valence-corrected chi connectivity index (χ0v) is 17.8. The number of hydrogen-bond donors (Lipinski definition) is 1. The van der Waals surface area contributed by atoms with Crippen LogP contribution in [0.2, 0.25) is 5.02 Å². The topological polar surface area (TPSA) is 72.7 Å². The highest BCUT2D eigenvalue weighted by Gasteiger charge is 2.17. The van der Waals surface area contributed by atoms with Crippen LogP contribution in [0, 0.1) is 6.92 Å². The minimum Gasteiger partial charge on any atom is -0.301 e. The highest BCUT2D eigenvalue weighted by atomic mass is 35.5. The van der Waals surface area contributed by atoms with Crippen LogP contribution in [0.3, 0.4) is 0 Å². The van der Waals surface area contributed by atoms with Crippen LogP contribution < -0.4 is 5.32 Å². The molecule has 0 bridgehead atoms. The lowest BCUT2D eigenvalue weighted by atomic mass is 10.2. The predicted molar refractivity (Wildman–Crippen MR) is 118 cm³/mol. The normalized spacial score (nSPS) is 10.8. The number of thioether (sulfide) groups is 1. The van der Waals surface area contributed by atoms with Crippen LogP contribution in [0.1, 0.15) is 4.88 Å². The summed E-state index contributed by atoms with van der Waals surface area (Å²) < 4.78 is 1.91. The quantitative estimate of drug-likeness (QED) is 0.422. The molecule has 0 saturated carbocycles. The van der Waals surface area contributed by atoms with Crippen molar-refractivity contribution in [3.63, 3.8) is 0 Å². The highest BCUT2D eigenvalue weighted by Crippen LogP contribution is 2.29. The summed E-state index contributed by atoms with van der Waals surface area (Å²) in [6.45, 7) is 1.95. The molecule has 6 nitrogen and oxygen atoms in total. The molecule has 0 spiro atoms. The standard InChI is InChI=1S/C20H16ClN5OS2/c1-13-11-22-19(29-13)23-17(27)12-28-20-25-24-18(14-6-3-2-4-7-14)26(20)16-9-5-8-15(21)10-16/h2-11H,12H2,1H3,(H,22,23,27). The van der Waals surface area contributed by atoms with Crippen molar-refractivity contribution in [2.45, 2.75) is 12.1 Å².